The summed E-state index contributed by atoms with van der Waals surface area (Å²) in [5, 5.41) is 22.2. The number of esters is 3. The molecular weight excluding hydrogens is 484 g/mol. The second kappa shape index (κ2) is 7.89. The molecule has 0 amide bonds. The quantitative estimate of drug-likeness (QED) is 0.175. The number of alkyl halides is 1. The smallest absolute Gasteiger partial charge is 0.312 e. The fourth-order valence-electron chi connectivity index (χ4n) is 6.93. The van der Waals surface area contributed by atoms with Gasteiger partial charge in [0, 0.05) is 25.2 Å². The third kappa shape index (κ3) is 3.33. The van der Waals surface area contributed by atoms with Crippen LogP contribution in [0.5, 0.6) is 0 Å². The van der Waals surface area contributed by atoms with Crippen molar-refractivity contribution < 1.29 is 48.3 Å². The minimum Gasteiger partial charge on any atom is -0.459 e. The first kappa shape index (κ1) is 25.0. The Morgan fingerprint density at radius 3 is 2.26 bits per heavy atom. The molecule has 5 rings (SSSR count). The molecule has 14 atom stereocenters. The summed E-state index contributed by atoms with van der Waals surface area (Å²) >= 11 is 6.74. The summed E-state index contributed by atoms with van der Waals surface area (Å²) in [7, 11) is 0. The van der Waals surface area contributed by atoms with Crippen molar-refractivity contribution in [2.75, 3.05) is 0 Å². The molecule has 5 fully saturated rings. The number of ether oxygens (including phenoxy) is 5. The summed E-state index contributed by atoms with van der Waals surface area (Å²) in [5.74, 6) is -4.53. The highest BCUT2D eigenvalue weighted by atomic mass is 35.5. The molecule has 3 heterocycles. The van der Waals surface area contributed by atoms with Gasteiger partial charge in [0.2, 0.25) is 0 Å². The van der Waals surface area contributed by atoms with Gasteiger partial charge in [0.05, 0.1) is 23.5 Å². The fourth-order valence-corrected chi connectivity index (χ4v) is 7.31. The minimum absolute atomic E-state index is 0.347. The molecule has 2 N–H and O–H groups in total. The number of fused-ring (bicyclic) bond motifs is 5. The van der Waals surface area contributed by atoms with E-state index in [-0.39, 0.29) is 0 Å². The van der Waals surface area contributed by atoms with Crippen LogP contribution in [0.25, 0.3) is 0 Å². The zero-order valence-corrected chi connectivity index (χ0v) is 20.9. The van der Waals surface area contributed by atoms with Crippen molar-refractivity contribution in [3.63, 3.8) is 0 Å². The molecule has 11 heteroatoms. The predicted octanol–water partition coefficient (Wildman–Crippen LogP) is 0.488. The maximum Gasteiger partial charge on any atom is 0.312 e. The van der Waals surface area contributed by atoms with E-state index in [1.54, 1.807) is 6.92 Å². The number of hydrogen-bond acceptors (Lipinski definition) is 10. The van der Waals surface area contributed by atoms with Crippen LogP contribution in [-0.4, -0.2) is 87.9 Å². The second-order valence-electron chi connectivity index (χ2n) is 10.8. The Bertz CT molecular complexity index is 985. The predicted molar refractivity (Wildman–Crippen MR) is 118 cm³/mol. The first-order valence-electron chi connectivity index (χ1n) is 11.8. The largest absolute Gasteiger partial charge is 0.459 e. The van der Waals surface area contributed by atoms with Crippen LogP contribution >= 0.6 is 11.6 Å². The summed E-state index contributed by atoms with van der Waals surface area (Å²) in [4.78, 5) is 37.4. The van der Waals surface area contributed by atoms with Crippen molar-refractivity contribution in [2.45, 2.75) is 94.4 Å². The lowest BCUT2D eigenvalue weighted by Crippen LogP contribution is -2.69. The van der Waals surface area contributed by atoms with Crippen molar-refractivity contribution >= 4 is 29.5 Å². The molecule has 10 nitrogen and oxygen atoms in total. The second-order valence-corrected chi connectivity index (χ2v) is 11.3. The highest BCUT2D eigenvalue weighted by Crippen LogP contribution is 2.63. The minimum atomic E-state index is -2.08. The summed E-state index contributed by atoms with van der Waals surface area (Å²) in [6, 6.07) is 0. The third-order valence-electron chi connectivity index (χ3n) is 8.83. The maximum absolute atomic E-state index is 12.8. The van der Waals surface area contributed by atoms with Crippen molar-refractivity contribution in [3.05, 3.63) is 12.2 Å². The van der Waals surface area contributed by atoms with Gasteiger partial charge in [0.25, 0.3) is 0 Å². The van der Waals surface area contributed by atoms with E-state index in [4.69, 9.17) is 35.3 Å². The van der Waals surface area contributed by atoms with E-state index in [2.05, 4.69) is 6.58 Å². The molecule has 0 aromatic carbocycles. The molecule has 2 aliphatic carbocycles. The van der Waals surface area contributed by atoms with E-state index in [0.29, 0.717) is 5.57 Å². The van der Waals surface area contributed by atoms with Gasteiger partial charge in [-0.2, -0.15) is 0 Å². The van der Waals surface area contributed by atoms with Crippen molar-refractivity contribution in [2.24, 2.45) is 23.2 Å². The van der Waals surface area contributed by atoms with E-state index in [9.17, 15) is 24.6 Å². The molecule has 0 aromatic heterocycles. The summed E-state index contributed by atoms with van der Waals surface area (Å²) in [6.45, 7) is 11.6. The molecule has 3 aliphatic heterocycles. The molecule has 3 saturated heterocycles. The van der Waals surface area contributed by atoms with Crippen LogP contribution in [0.3, 0.4) is 0 Å². The van der Waals surface area contributed by atoms with Crippen LogP contribution in [0.4, 0.5) is 0 Å². The van der Waals surface area contributed by atoms with Gasteiger partial charge in [-0.15, -0.1) is 11.6 Å². The number of aliphatic hydroxyl groups is 2. The number of carbonyl (C=O) groups is 3. The van der Waals surface area contributed by atoms with Gasteiger partial charge < -0.3 is 33.9 Å². The molecule has 0 aromatic rings. The van der Waals surface area contributed by atoms with Gasteiger partial charge in [-0.1, -0.05) is 20.4 Å². The Balaban J connectivity index is 1.75. The Kier molecular flexibility index (Phi) is 5.62. The number of carbonyl (C=O) groups excluding carboxylic acids is 3. The lowest BCUT2D eigenvalue weighted by atomic mass is 9.53. The van der Waals surface area contributed by atoms with Gasteiger partial charge in [-0.3, -0.25) is 14.4 Å². The lowest BCUT2D eigenvalue weighted by molar-refractivity contribution is -0.224. The Morgan fingerprint density at radius 2 is 1.66 bits per heavy atom. The van der Waals surface area contributed by atoms with Gasteiger partial charge in [-0.25, -0.2) is 0 Å². The molecule has 0 bridgehead atoms. The molecular formula is C24H31ClO10. The number of epoxide rings is 2. The molecule has 2 saturated carbocycles. The van der Waals surface area contributed by atoms with Crippen LogP contribution < -0.4 is 0 Å². The Morgan fingerprint density at radius 1 is 1.06 bits per heavy atom. The molecule has 0 unspecified atom stereocenters. The van der Waals surface area contributed by atoms with Crippen molar-refractivity contribution in [1.29, 1.82) is 0 Å². The van der Waals surface area contributed by atoms with Gasteiger partial charge >= 0.3 is 17.9 Å². The van der Waals surface area contributed by atoms with Gasteiger partial charge in [0.15, 0.2) is 11.7 Å². The van der Waals surface area contributed by atoms with Crippen LogP contribution in [0.2, 0.25) is 0 Å². The molecule has 194 valence electrons. The monoisotopic (exact) mass is 514 g/mol. The number of halogens is 1. The van der Waals surface area contributed by atoms with Crippen LogP contribution in [0.15, 0.2) is 12.2 Å². The van der Waals surface area contributed by atoms with Crippen molar-refractivity contribution in [3.8, 4) is 0 Å². The SMILES string of the molecule is C=C1[C@@H](Cl)[C@@H]2OC(=O)[C@@H](C)[C@@]2(O)[C@@H](OC(C)=O)[C@@H]2[C@@H](C)[C@H](O)[C@@H]3O[C@@H]3[C@@]2(C)[C@H](OC(C)=O)[C@@H]2O[C@@H]12. The molecule has 0 radical (unpaired) electrons. The summed E-state index contributed by atoms with van der Waals surface area (Å²) < 4.78 is 29.0. The average molecular weight is 515 g/mol. The summed E-state index contributed by atoms with van der Waals surface area (Å²) in [5.41, 5.74) is -2.82. The lowest BCUT2D eigenvalue weighted by Gasteiger charge is -2.54. The fraction of sp³-hybridized carbons (Fsp3) is 0.792. The number of rotatable bonds is 2. The third-order valence-corrected chi connectivity index (χ3v) is 9.34. The van der Waals surface area contributed by atoms with Crippen LogP contribution in [0, 0.1) is 23.2 Å². The Hall–Kier alpha value is -1.72. The first-order valence-corrected chi connectivity index (χ1v) is 12.3. The van der Waals surface area contributed by atoms with E-state index in [0.717, 1.165) is 0 Å². The van der Waals surface area contributed by atoms with E-state index in [1.165, 1.54) is 20.8 Å². The van der Waals surface area contributed by atoms with E-state index < -0.39 is 101 Å². The number of hydrogen-bond donors (Lipinski definition) is 2. The average Bonchev–Trinajstić information content (AvgIpc) is 3.69. The number of aliphatic hydroxyl groups excluding tert-OH is 1. The topological polar surface area (TPSA) is 144 Å². The first-order chi connectivity index (χ1) is 16.3. The summed E-state index contributed by atoms with van der Waals surface area (Å²) in [6.07, 6.45) is -6.89. The van der Waals surface area contributed by atoms with Crippen LogP contribution in [0.1, 0.15) is 34.6 Å². The molecule has 5 aliphatic rings. The van der Waals surface area contributed by atoms with Crippen LogP contribution in [-0.2, 0) is 38.1 Å². The molecule has 35 heavy (non-hydrogen) atoms. The Labute approximate surface area is 207 Å². The highest BCUT2D eigenvalue weighted by Gasteiger charge is 2.77. The molecule has 0 spiro atoms. The van der Waals surface area contributed by atoms with Gasteiger partial charge in [-0.05, 0) is 18.4 Å². The highest BCUT2D eigenvalue weighted by molar-refractivity contribution is 6.23. The van der Waals surface area contributed by atoms with Crippen molar-refractivity contribution in [1.82, 2.24) is 0 Å². The standard InChI is InChI=1S/C24H31ClO10/c1-7-12-18(31-10(4)26)24(30)9(3)22(29)35-19(24)13(25)8(2)15-17(33-15)21(32-11(5)27)23(12,6)20-16(34-20)14(7)28/h7,9,12-21,28,30H,2H2,1,3-6H3/t7-,9-,12+,13-,14+,15+,16+,17-,18+,19+,20+,21-,23+,24-/m1/s1. The van der Waals surface area contributed by atoms with Gasteiger partial charge in [0.1, 0.15) is 30.5 Å². The normalized spacial score (nSPS) is 54.3. The zero-order valence-electron chi connectivity index (χ0n) is 20.2. The maximum atomic E-state index is 12.8. The van der Waals surface area contributed by atoms with E-state index in [1.807, 2.05) is 6.92 Å². The van der Waals surface area contributed by atoms with E-state index >= 15 is 0 Å². The zero-order chi connectivity index (χ0) is 25.8.